The van der Waals surface area contributed by atoms with Crippen LogP contribution in [0.2, 0.25) is 5.02 Å². The summed E-state index contributed by atoms with van der Waals surface area (Å²) in [6.45, 7) is 1.84. The number of hydrogen-bond donors (Lipinski definition) is 2. The molecule has 134 valence electrons. The Hall–Kier alpha value is -2.73. The van der Waals surface area contributed by atoms with E-state index < -0.39 is 0 Å². The maximum absolute atomic E-state index is 13.0. The number of rotatable bonds is 6. The first-order chi connectivity index (χ1) is 12.5. The molecule has 0 radical (unpaired) electrons. The van der Waals surface area contributed by atoms with Crippen molar-refractivity contribution in [3.8, 4) is 0 Å². The average Bonchev–Trinajstić information content (AvgIpc) is 3.04. The van der Waals surface area contributed by atoms with Crippen molar-refractivity contribution in [3.63, 3.8) is 0 Å². The van der Waals surface area contributed by atoms with Crippen LogP contribution in [0.1, 0.15) is 35.7 Å². The Bertz CT molecular complexity index is 877. The molecule has 0 fully saturated rings. The number of carbonyl (C=O) groups excluding carboxylic acids is 1. The van der Waals surface area contributed by atoms with Crippen LogP contribution in [0.15, 0.2) is 48.5 Å². The van der Waals surface area contributed by atoms with E-state index in [4.69, 9.17) is 11.6 Å². The van der Waals surface area contributed by atoms with E-state index in [1.165, 1.54) is 12.1 Å². The summed E-state index contributed by atoms with van der Waals surface area (Å²) in [6, 6.07) is 13.3. The number of aromatic nitrogens is 3. The lowest BCUT2D eigenvalue weighted by molar-refractivity contribution is -0.121. The fraction of sp³-hybridized carbons (Fsp3) is 0.211. The third kappa shape index (κ3) is 4.89. The van der Waals surface area contributed by atoms with Crippen molar-refractivity contribution in [1.82, 2.24) is 20.5 Å². The molecule has 3 aromatic rings. The number of H-pyrrole nitrogens is 1. The van der Waals surface area contributed by atoms with Crippen LogP contribution in [0.4, 0.5) is 4.39 Å². The molecule has 1 atom stereocenters. The maximum Gasteiger partial charge on any atom is 0.228 e. The van der Waals surface area contributed by atoms with E-state index in [-0.39, 0.29) is 24.2 Å². The van der Waals surface area contributed by atoms with Crippen molar-refractivity contribution in [3.05, 3.63) is 82.1 Å². The Balaban J connectivity index is 1.55. The highest BCUT2D eigenvalue weighted by Gasteiger charge is 2.13. The summed E-state index contributed by atoms with van der Waals surface area (Å²) >= 11 is 5.87. The summed E-state index contributed by atoms with van der Waals surface area (Å²) in [5, 5.41) is 10.5. The van der Waals surface area contributed by atoms with Crippen molar-refractivity contribution in [2.45, 2.75) is 25.8 Å². The van der Waals surface area contributed by atoms with E-state index in [1.807, 2.05) is 31.2 Å². The molecule has 7 heteroatoms. The number of aromatic amines is 1. The molecule has 0 unspecified atom stereocenters. The predicted octanol–water partition coefficient (Wildman–Crippen LogP) is 3.61. The third-order valence-corrected chi connectivity index (χ3v) is 4.18. The topological polar surface area (TPSA) is 70.7 Å². The van der Waals surface area contributed by atoms with Crippen molar-refractivity contribution in [2.75, 3.05) is 0 Å². The smallest absolute Gasteiger partial charge is 0.228 e. The van der Waals surface area contributed by atoms with Gasteiger partial charge in [0.05, 0.1) is 12.5 Å². The van der Waals surface area contributed by atoms with E-state index in [0.717, 1.165) is 11.1 Å². The normalized spacial score (nSPS) is 12.0. The summed E-state index contributed by atoms with van der Waals surface area (Å²) in [7, 11) is 0. The highest BCUT2D eigenvalue weighted by Crippen LogP contribution is 2.14. The molecule has 1 aromatic heterocycles. The summed E-state index contributed by atoms with van der Waals surface area (Å²) in [6.07, 6.45) is 0.653. The molecule has 2 aromatic carbocycles. The van der Waals surface area contributed by atoms with E-state index in [9.17, 15) is 9.18 Å². The molecule has 0 saturated carbocycles. The van der Waals surface area contributed by atoms with Crippen LogP contribution in [-0.2, 0) is 17.6 Å². The van der Waals surface area contributed by atoms with Crippen LogP contribution in [-0.4, -0.2) is 21.1 Å². The summed E-state index contributed by atoms with van der Waals surface area (Å²) in [5.41, 5.74) is 1.88. The van der Waals surface area contributed by atoms with E-state index in [1.54, 1.807) is 12.1 Å². The second kappa shape index (κ2) is 8.10. The van der Waals surface area contributed by atoms with Gasteiger partial charge in [0.2, 0.25) is 5.91 Å². The number of nitrogens with zero attached hydrogens (tertiary/aromatic N) is 2. The minimum atomic E-state index is -0.304. The van der Waals surface area contributed by atoms with Gasteiger partial charge < -0.3 is 5.32 Å². The van der Waals surface area contributed by atoms with Gasteiger partial charge in [-0.2, -0.15) is 5.10 Å². The first-order valence-corrected chi connectivity index (χ1v) is 8.57. The van der Waals surface area contributed by atoms with E-state index in [0.29, 0.717) is 23.1 Å². The zero-order chi connectivity index (χ0) is 18.5. The summed E-state index contributed by atoms with van der Waals surface area (Å²) in [5.74, 6) is 0.611. The minimum Gasteiger partial charge on any atom is -0.349 e. The number of carbonyl (C=O) groups is 1. The van der Waals surface area contributed by atoms with Crippen LogP contribution in [0, 0.1) is 5.82 Å². The molecule has 3 rings (SSSR count). The summed E-state index contributed by atoms with van der Waals surface area (Å²) in [4.78, 5) is 16.5. The number of amides is 1. The van der Waals surface area contributed by atoms with Crippen LogP contribution < -0.4 is 5.32 Å². The lowest BCUT2D eigenvalue weighted by atomic mass is 10.1. The first kappa shape index (κ1) is 18.1. The monoisotopic (exact) mass is 372 g/mol. The average molecular weight is 373 g/mol. The molecule has 1 heterocycles. The Morgan fingerprint density at radius 3 is 2.58 bits per heavy atom. The van der Waals surface area contributed by atoms with Gasteiger partial charge in [0.15, 0.2) is 5.82 Å². The second-order valence-corrected chi connectivity index (χ2v) is 6.46. The third-order valence-electron chi connectivity index (χ3n) is 3.93. The Kier molecular flexibility index (Phi) is 5.63. The van der Waals surface area contributed by atoms with Crippen molar-refractivity contribution in [2.24, 2.45) is 0 Å². The molecule has 0 saturated heterocycles. The molecular formula is C19H18ClFN4O. The van der Waals surface area contributed by atoms with Crippen LogP contribution in [0.5, 0.6) is 0 Å². The lowest BCUT2D eigenvalue weighted by Gasteiger charge is -2.13. The molecule has 26 heavy (non-hydrogen) atoms. The van der Waals surface area contributed by atoms with Crippen LogP contribution >= 0.6 is 11.6 Å². The highest BCUT2D eigenvalue weighted by atomic mass is 35.5. The van der Waals surface area contributed by atoms with E-state index in [2.05, 4.69) is 20.5 Å². The standard InChI is InChI=1S/C19H18ClFN4O/c1-12(14-4-8-16(21)9-5-14)22-19(26)11-18-23-17(24-25-18)10-13-2-6-15(20)7-3-13/h2-9,12H,10-11H2,1H3,(H,22,26)(H,23,24,25)/t12-/m1/s1. The van der Waals surface area contributed by atoms with Crippen LogP contribution in [0.3, 0.4) is 0 Å². The molecule has 0 bridgehead atoms. The van der Waals surface area contributed by atoms with Crippen molar-refractivity contribution >= 4 is 17.5 Å². The van der Waals surface area contributed by atoms with Gasteiger partial charge in [0.25, 0.3) is 0 Å². The number of halogens is 2. The number of benzene rings is 2. The zero-order valence-electron chi connectivity index (χ0n) is 14.2. The Morgan fingerprint density at radius 1 is 1.19 bits per heavy atom. The van der Waals surface area contributed by atoms with Gasteiger partial charge in [0.1, 0.15) is 11.6 Å². The number of hydrogen-bond acceptors (Lipinski definition) is 3. The van der Waals surface area contributed by atoms with Gasteiger partial charge in [-0.1, -0.05) is 35.9 Å². The van der Waals surface area contributed by atoms with Gasteiger partial charge in [-0.3, -0.25) is 9.89 Å². The fourth-order valence-corrected chi connectivity index (χ4v) is 2.69. The highest BCUT2D eigenvalue weighted by molar-refractivity contribution is 6.30. The van der Waals surface area contributed by atoms with Gasteiger partial charge in [-0.25, -0.2) is 9.37 Å². The SMILES string of the molecule is C[C@@H](NC(=O)Cc1n[nH]c(Cc2ccc(Cl)cc2)n1)c1ccc(F)cc1. The molecule has 5 nitrogen and oxygen atoms in total. The Morgan fingerprint density at radius 2 is 1.88 bits per heavy atom. The van der Waals surface area contributed by atoms with Gasteiger partial charge in [-0.15, -0.1) is 0 Å². The molecule has 0 aliphatic heterocycles. The lowest BCUT2D eigenvalue weighted by Crippen LogP contribution is -2.28. The second-order valence-electron chi connectivity index (χ2n) is 6.02. The van der Waals surface area contributed by atoms with Gasteiger partial charge >= 0.3 is 0 Å². The first-order valence-electron chi connectivity index (χ1n) is 8.19. The molecule has 1 amide bonds. The van der Waals surface area contributed by atoms with Crippen molar-refractivity contribution in [1.29, 1.82) is 0 Å². The quantitative estimate of drug-likeness (QED) is 0.694. The largest absolute Gasteiger partial charge is 0.349 e. The zero-order valence-corrected chi connectivity index (χ0v) is 14.9. The minimum absolute atomic E-state index is 0.0721. The van der Waals surface area contributed by atoms with Gasteiger partial charge in [-0.05, 0) is 42.3 Å². The molecule has 0 spiro atoms. The maximum atomic E-state index is 13.0. The molecule has 0 aliphatic carbocycles. The van der Waals surface area contributed by atoms with Crippen LogP contribution in [0.25, 0.3) is 0 Å². The molecule has 0 aliphatic rings. The molecule has 2 N–H and O–H groups in total. The fourth-order valence-electron chi connectivity index (χ4n) is 2.56. The van der Waals surface area contributed by atoms with E-state index >= 15 is 0 Å². The number of nitrogens with one attached hydrogen (secondary N) is 2. The molecular weight excluding hydrogens is 355 g/mol. The predicted molar refractivity (Wildman–Crippen MR) is 97.3 cm³/mol. The Labute approximate surface area is 155 Å². The van der Waals surface area contributed by atoms with Gasteiger partial charge in [0, 0.05) is 11.4 Å². The van der Waals surface area contributed by atoms with Crippen molar-refractivity contribution < 1.29 is 9.18 Å². The summed E-state index contributed by atoms with van der Waals surface area (Å²) < 4.78 is 13.0.